The molecule has 0 saturated heterocycles. The topological polar surface area (TPSA) is 64.3 Å². The van der Waals surface area contributed by atoms with Crippen molar-refractivity contribution in [3.63, 3.8) is 0 Å². The highest BCUT2D eigenvalue weighted by molar-refractivity contribution is 7.10. The van der Waals surface area contributed by atoms with Gasteiger partial charge in [-0.15, -0.1) is 11.3 Å². The largest absolute Gasteiger partial charge is 0.445 e. The van der Waals surface area contributed by atoms with Crippen molar-refractivity contribution in [2.24, 2.45) is 5.73 Å². The molecule has 5 heteroatoms. The third-order valence-corrected chi connectivity index (χ3v) is 4.09. The highest BCUT2D eigenvalue weighted by Crippen LogP contribution is 2.31. The van der Waals surface area contributed by atoms with Crippen LogP contribution in [0.1, 0.15) is 23.4 Å². The van der Waals surface area contributed by atoms with Gasteiger partial charge in [0.25, 0.3) is 0 Å². The van der Waals surface area contributed by atoms with Crippen LogP contribution < -0.4 is 11.1 Å². The van der Waals surface area contributed by atoms with E-state index in [0.29, 0.717) is 0 Å². The summed E-state index contributed by atoms with van der Waals surface area (Å²) in [5, 5.41) is 4.52. The number of amides is 1. The SMILES string of the molecule is CNC(=O)OCc1ccccc1-c1csc(C(C)N)c1. The maximum Gasteiger partial charge on any atom is 0.407 e. The van der Waals surface area contributed by atoms with Gasteiger partial charge in [0.05, 0.1) is 0 Å². The quantitative estimate of drug-likeness (QED) is 0.908. The summed E-state index contributed by atoms with van der Waals surface area (Å²) in [6.45, 7) is 2.22. The molecule has 0 fully saturated rings. The smallest absolute Gasteiger partial charge is 0.407 e. The molecule has 1 unspecified atom stereocenters. The monoisotopic (exact) mass is 290 g/mol. The van der Waals surface area contributed by atoms with Crippen LogP contribution in [-0.4, -0.2) is 13.1 Å². The summed E-state index contributed by atoms with van der Waals surface area (Å²) in [4.78, 5) is 12.3. The first kappa shape index (κ1) is 14.6. The molecule has 0 bridgehead atoms. The average molecular weight is 290 g/mol. The van der Waals surface area contributed by atoms with E-state index in [1.54, 1.807) is 18.4 Å². The van der Waals surface area contributed by atoms with Gasteiger partial charge in [-0.1, -0.05) is 24.3 Å². The summed E-state index contributed by atoms with van der Waals surface area (Å²) in [5.41, 5.74) is 9.05. The van der Waals surface area contributed by atoms with Crippen LogP contribution in [-0.2, 0) is 11.3 Å². The molecule has 0 aliphatic carbocycles. The predicted octanol–water partition coefficient (Wildman–Crippen LogP) is 3.29. The van der Waals surface area contributed by atoms with Crippen LogP contribution in [0, 0.1) is 0 Å². The number of carbonyl (C=O) groups is 1. The summed E-state index contributed by atoms with van der Waals surface area (Å²) >= 11 is 1.64. The number of hydrogen-bond acceptors (Lipinski definition) is 4. The minimum absolute atomic E-state index is 0.0306. The van der Waals surface area contributed by atoms with Gasteiger partial charge in [-0.25, -0.2) is 4.79 Å². The van der Waals surface area contributed by atoms with Crippen molar-refractivity contribution in [2.75, 3.05) is 7.05 Å². The lowest BCUT2D eigenvalue weighted by Crippen LogP contribution is -2.19. The van der Waals surface area contributed by atoms with E-state index in [1.807, 2.05) is 31.2 Å². The minimum atomic E-state index is -0.429. The zero-order valence-corrected chi connectivity index (χ0v) is 12.4. The Hall–Kier alpha value is -1.85. The van der Waals surface area contributed by atoms with E-state index in [9.17, 15) is 4.79 Å². The average Bonchev–Trinajstić information content (AvgIpc) is 2.95. The zero-order valence-electron chi connectivity index (χ0n) is 11.6. The van der Waals surface area contributed by atoms with E-state index < -0.39 is 6.09 Å². The molecule has 3 N–H and O–H groups in total. The van der Waals surface area contributed by atoms with Gasteiger partial charge in [0.2, 0.25) is 0 Å². The van der Waals surface area contributed by atoms with Crippen LogP contribution in [0.15, 0.2) is 35.7 Å². The third kappa shape index (κ3) is 3.37. The maximum absolute atomic E-state index is 11.2. The standard InChI is InChI=1S/C15H18N2O2S/c1-10(16)14-7-12(9-20-14)13-6-4-3-5-11(13)8-19-15(18)17-2/h3-7,9-10H,8,16H2,1-2H3,(H,17,18). The van der Waals surface area contributed by atoms with E-state index in [-0.39, 0.29) is 12.6 Å². The summed E-state index contributed by atoms with van der Waals surface area (Å²) in [5.74, 6) is 0. The Morgan fingerprint density at radius 2 is 2.20 bits per heavy atom. The Labute approximate surface area is 122 Å². The third-order valence-electron chi connectivity index (χ3n) is 2.96. The lowest BCUT2D eigenvalue weighted by atomic mass is 10.0. The van der Waals surface area contributed by atoms with E-state index in [4.69, 9.17) is 10.5 Å². The van der Waals surface area contributed by atoms with Crippen LogP contribution in [0.25, 0.3) is 11.1 Å². The normalized spacial score (nSPS) is 11.9. The van der Waals surface area contributed by atoms with Gasteiger partial charge in [-0.2, -0.15) is 0 Å². The number of carbonyl (C=O) groups excluding carboxylic acids is 1. The second kappa shape index (κ2) is 6.54. The van der Waals surface area contributed by atoms with Crippen LogP contribution in [0.3, 0.4) is 0 Å². The first-order valence-corrected chi connectivity index (χ1v) is 7.26. The fourth-order valence-electron chi connectivity index (χ4n) is 1.88. The zero-order chi connectivity index (χ0) is 14.5. The predicted molar refractivity (Wildman–Crippen MR) is 81.6 cm³/mol. The van der Waals surface area contributed by atoms with Crippen molar-refractivity contribution in [3.05, 3.63) is 46.2 Å². The fraction of sp³-hybridized carbons (Fsp3) is 0.267. The van der Waals surface area contributed by atoms with Gasteiger partial charge in [0, 0.05) is 18.0 Å². The molecule has 1 amide bonds. The lowest BCUT2D eigenvalue weighted by molar-refractivity contribution is 0.142. The molecule has 106 valence electrons. The maximum atomic E-state index is 11.2. The van der Waals surface area contributed by atoms with Crippen molar-refractivity contribution >= 4 is 17.4 Å². The molecule has 0 aliphatic heterocycles. The Morgan fingerprint density at radius 1 is 1.45 bits per heavy atom. The molecule has 0 aliphatic rings. The summed E-state index contributed by atoms with van der Waals surface area (Å²) < 4.78 is 5.12. The van der Waals surface area contributed by atoms with Crippen LogP contribution in [0.2, 0.25) is 0 Å². The fourth-order valence-corrected chi connectivity index (χ4v) is 2.74. The Kier molecular flexibility index (Phi) is 4.76. The minimum Gasteiger partial charge on any atom is -0.445 e. The van der Waals surface area contributed by atoms with Gasteiger partial charge in [0.15, 0.2) is 0 Å². The van der Waals surface area contributed by atoms with Gasteiger partial charge in [0.1, 0.15) is 6.61 Å². The van der Waals surface area contributed by atoms with Crippen molar-refractivity contribution in [1.29, 1.82) is 0 Å². The van der Waals surface area contributed by atoms with Crippen LogP contribution >= 0.6 is 11.3 Å². The number of hydrogen-bond donors (Lipinski definition) is 2. The summed E-state index contributed by atoms with van der Waals surface area (Å²) in [6.07, 6.45) is -0.429. The molecular weight excluding hydrogens is 272 g/mol. The highest BCUT2D eigenvalue weighted by atomic mass is 32.1. The summed E-state index contributed by atoms with van der Waals surface area (Å²) in [6, 6.07) is 10.0. The number of nitrogens with one attached hydrogen (secondary N) is 1. The van der Waals surface area contributed by atoms with Gasteiger partial charge in [-0.3, -0.25) is 0 Å². The molecule has 1 heterocycles. The van der Waals surface area contributed by atoms with Gasteiger partial charge >= 0.3 is 6.09 Å². The molecule has 2 rings (SSSR count). The molecule has 1 aromatic carbocycles. The van der Waals surface area contributed by atoms with Crippen molar-refractivity contribution in [3.8, 4) is 11.1 Å². The van der Waals surface area contributed by atoms with E-state index in [0.717, 1.165) is 21.6 Å². The van der Waals surface area contributed by atoms with Crippen molar-refractivity contribution in [1.82, 2.24) is 5.32 Å². The molecule has 0 spiro atoms. The number of alkyl carbamates (subject to hydrolysis) is 1. The Bertz CT molecular complexity index is 593. The molecule has 0 radical (unpaired) electrons. The highest BCUT2D eigenvalue weighted by Gasteiger charge is 2.10. The number of benzene rings is 1. The van der Waals surface area contributed by atoms with E-state index >= 15 is 0 Å². The van der Waals surface area contributed by atoms with Crippen molar-refractivity contribution in [2.45, 2.75) is 19.6 Å². The number of ether oxygens (including phenoxy) is 1. The number of rotatable bonds is 4. The number of nitrogens with two attached hydrogens (primary N) is 1. The molecule has 0 saturated carbocycles. The molecule has 2 aromatic rings. The second-order valence-corrected chi connectivity index (χ2v) is 5.45. The molecular formula is C15H18N2O2S. The second-order valence-electron chi connectivity index (χ2n) is 4.51. The Balaban J connectivity index is 2.24. The van der Waals surface area contributed by atoms with Gasteiger partial charge < -0.3 is 15.8 Å². The Morgan fingerprint density at radius 3 is 2.85 bits per heavy atom. The molecule has 1 aromatic heterocycles. The molecule has 1 atom stereocenters. The lowest BCUT2D eigenvalue weighted by Gasteiger charge is -2.09. The first-order chi connectivity index (χ1) is 9.61. The van der Waals surface area contributed by atoms with Crippen LogP contribution in [0.4, 0.5) is 4.79 Å². The van der Waals surface area contributed by atoms with Crippen molar-refractivity contribution < 1.29 is 9.53 Å². The van der Waals surface area contributed by atoms with E-state index in [1.165, 1.54) is 0 Å². The first-order valence-electron chi connectivity index (χ1n) is 6.38. The summed E-state index contributed by atoms with van der Waals surface area (Å²) in [7, 11) is 1.54. The van der Waals surface area contributed by atoms with E-state index in [2.05, 4.69) is 16.8 Å². The number of thiophene rings is 1. The molecule has 20 heavy (non-hydrogen) atoms. The molecule has 4 nitrogen and oxygen atoms in total. The van der Waals surface area contributed by atoms with Gasteiger partial charge in [-0.05, 0) is 35.1 Å². The van der Waals surface area contributed by atoms with Crippen LogP contribution in [0.5, 0.6) is 0 Å².